The van der Waals surface area contributed by atoms with Crippen LogP contribution in [0, 0.1) is 6.92 Å². The summed E-state index contributed by atoms with van der Waals surface area (Å²) in [6.07, 6.45) is 0. The van der Waals surface area contributed by atoms with Crippen molar-refractivity contribution in [3.63, 3.8) is 0 Å². The van der Waals surface area contributed by atoms with E-state index < -0.39 is 5.41 Å². The van der Waals surface area contributed by atoms with E-state index in [1.54, 1.807) is 11.3 Å². The minimum atomic E-state index is -0.625. The fourth-order valence-electron chi connectivity index (χ4n) is 1.64. The lowest BCUT2D eigenvalue weighted by atomic mass is 9.90. The van der Waals surface area contributed by atoms with Crippen LogP contribution in [0.2, 0.25) is 0 Å². The van der Waals surface area contributed by atoms with Gasteiger partial charge in [0, 0.05) is 10.3 Å². The van der Waals surface area contributed by atoms with Crippen molar-refractivity contribution in [3.8, 4) is 0 Å². The first-order chi connectivity index (χ1) is 7.60. The quantitative estimate of drug-likeness (QED) is 0.762. The van der Waals surface area contributed by atoms with Crippen molar-refractivity contribution >= 4 is 17.3 Å². The lowest BCUT2D eigenvalue weighted by Gasteiger charge is -2.20. The number of thiazole rings is 1. The molecule has 0 saturated heterocycles. The van der Waals surface area contributed by atoms with E-state index in [0.29, 0.717) is 0 Å². The smallest absolute Gasteiger partial charge is 0.316 e. The van der Waals surface area contributed by atoms with Gasteiger partial charge in [0.15, 0.2) is 0 Å². The third kappa shape index (κ3) is 2.68. The van der Waals surface area contributed by atoms with Crippen LogP contribution in [0.3, 0.4) is 0 Å². The lowest BCUT2D eigenvalue weighted by molar-refractivity contribution is -0.146. The molecule has 3 nitrogen and oxygen atoms in total. The summed E-state index contributed by atoms with van der Waals surface area (Å²) in [5.74, 6) is -0.218. The summed E-state index contributed by atoms with van der Waals surface area (Å²) in [5, 5.41) is 1.06. The molecule has 0 spiro atoms. The Bertz CT molecular complexity index is 427. The Hall–Kier alpha value is -0.900. The first kappa shape index (κ1) is 14.2. The van der Waals surface area contributed by atoms with Crippen LogP contribution in [0.1, 0.15) is 50.2 Å². The van der Waals surface area contributed by atoms with Gasteiger partial charge in [0.05, 0.1) is 23.2 Å². The molecule has 0 atom stereocenters. The molecule has 4 heteroatoms. The summed E-state index contributed by atoms with van der Waals surface area (Å²) in [5.41, 5.74) is 0.315. The van der Waals surface area contributed by atoms with E-state index in [0.717, 1.165) is 15.6 Å². The standard InChI is InChI=1S/C13H21NO2S/c1-8-9(13(5,6)11(15)16-7)17-10(14-8)12(2,3)4/h1-7H3. The number of esters is 1. The van der Waals surface area contributed by atoms with E-state index in [4.69, 9.17) is 4.74 Å². The Morgan fingerprint density at radius 1 is 1.24 bits per heavy atom. The number of ether oxygens (including phenoxy) is 1. The van der Waals surface area contributed by atoms with E-state index in [9.17, 15) is 4.79 Å². The van der Waals surface area contributed by atoms with Gasteiger partial charge in [-0.3, -0.25) is 4.79 Å². The normalized spacial score (nSPS) is 12.6. The molecule has 0 fully saturated rings. The van der Waals surface area contributed by atoms with Gasteiger partial charge in [0.2, 0.25) is 0 Å². The van der Waals surface area contributed by atoms with E-state index in [2.05, 4.69) is 25.8 Å². The molecule has 0 N–H and O–H groups in total. The minimum absolute atomic E-state index is 0.0138. The molecule has 0 unspecified atom stereocenters. The summed E-state index contributed by atoms with van der Waals surface area (Å²) < 4.78 is 4.86. The van der Waals surface area contributed by atoms with Crippen LogP contribution in [0.15, 0.2) is 0 Å². The van der Waals surface area contributed by atoms with Gasteiger partial charge in [0.1, 0.15) is 0 Å². The van der Waals surface area contributed by atoms with E-state index in [-0.39, 0.29) is 11.4 Å². The van der Waals surface area contributed by atoms with Gasteiger partial charge >= 0.3 is 5.97 Å². The molecule has 96 valence electrons. The summed E-state index contributed by atoms with van der Waals surface area (Å²) in [7, 11) is 1.42. The van der Waals surface area contributed by atoms with Gasteiger partial charge in [-0.15, -0.1) is 11.3 Å². The Labute approximate surface area is 107 Å². The van der Waals surface area contributed by atoms with Gasteiger partial charge in [0.25, 0.3) is 0 Å². The number of carbonyl (C=O) groups is 1. The zero-order valence-electron chi connectivity index (χ0n) is 11.7. The van der Waals surface area contributed by atoms with Gasteiger partial charge in [-0.2, -0.15) is 0 Å². The number of aryl methyl sites for hydroxylation is 1. The maximum atomic E-state index is 11.8. The molecular weight excluding hydrogens is 234 g/mol. The number of nitrogens with zero attached hydrogens (tertiary/aromatic N) is 1. The number of methoxy groups -OCH3 is 1. The van der Waals surface area contributed by atoms with Gasteiger partial charge in [-0.1, -0.05) is 20.8 Å². The molecule has 0 aromatic carbocycles. The van der Waals surface area contributed by atoms with Crippen molar-refractivity contribution in [1.29, 1.82) is 0 Å². The molecule has 0 amide bonds. The van der Waals surface area contributed by atoms with Crippen LogP contribution in [0.5, 0.6) is 0 Å². The van der Waals surface area contributed by atoms with Gasteiger partial charge in [-0.05, 0) is 20.8 Å². The van der Waals surface area contributed by atoms with Crippen molar-refractivity contribution in [2.45, 2.75) is 52.4 Å². The summed E-state index contributed by atoms with van der Waals surface area (Å²) in [6, 6.07) is 0. The molecule has 0 saturated carbocycles. The Morgan fingerprint density at radius 3 is 2.12 bits per heavy atom. The second-order valence-electron chi connectivity index (χ2n) is 5.80. The molecule has 0 aliphatic carbocycles. The third-order valence-electron chi connectivity index (χ3n) is 2.70. The van der Waals surface area contributed by atoms with Crippen LogP contribution < -0.4 is 0 Å². The molecular formula is C13H21NO2S. The van der Waals surface area contributed by atoms with E-state index in [1.807, 2.05) is 20.8 Å². The van der Waals surface area contributed by atoms with Crippen molar-refractivity contribution in [2.24, 2.45) is 0 Å². The highest BCUT2D eigenvalue weighted by atomic mass is 32.1. The van der Waals surface area contributed by atoms with Crippen LogP contribution in [0.25, 0.3) is 0 Å². The highest BCUT2D eigenvalue weighted by Crippen LogP contribution is 2.36. The number of carbonyl (C=O) groups excluding carboxylic acids is 1. The topological polar surface area (TPSA) is 39.2 Å². The number of rotatable bonds is 2. The number of hydrogen-bond donors (Lipinski definition) is 0. The van der Waals surface area contributed by atoms with Crippen molar-refractivity contribution in [3.05, 3.63) is 15.6 Å². The largest absolute Gasteiger partial charge is 0.468 e. The SMILES string of the molecule is COC(=O)C(C)(C)c1sc(C(C)(C)C)nc1C. The molecule has 1 aromatic heterocycles. The summed E-state index contributed by atoms with van der Waals surface area (Å²) in [6.45, 7) is 12.1. The van der Waals surface area contributed by atoms with Crippen LogP contribution in [-0.4, -0.2) is 18.1 Å². The average Bonchev–Trinajstić information content (AvgIpc) is 2.59. The summed E-state index contributed by atoms with van der Waals surface area (Å²) >= 11 is 1.61. The van der Waals surface area contributed by atoms with Gasteiger partial charge in [-0.25, -0.2) is 4.98 Å². The van der Waals surface area contributed by atoms with Crippen LogP contribution >= 0.6 is 11.3 Å². The van der Waals surface area contributed by atoms with Crippen LogP contribution in [0.4, 0.5) is 0 Å². The number of aromatic nitrogens is 1. The fourth-order valence-corrected chi connectivity index (χ4v) is 2.86. The van der Waals surface area contributed by atoms with E-state index in [1.165, 1.54) is 7.11 Å². The van der Waals surface area contributed by atoms with Crippen molar-refractivity contribution in [2.75, 3.05) is 7.11 Å². The van der Waals surface area contributed by atoms with Crippen molar-refractivity contribution < 1.29 is 9.53 Å². The minimum Gasteiger partial charge on any atom is -0.468 e. The second kappa shape index (κ2) is 4.41. The first-order valence-corrected chi connectivity index (χ1v) is 6.49. The van der Waals surface area contributed by atoms with Crippen LogP contribution in [-0.2, 0) is 20.4 Å². The first-order valence-electron chi connectivity index (χ1n) is 5.67. The maximum absolute atomic E-state index is 11.8. The molecule has 0 radical (unpaired) electrons. The predicted octanol–water partition coefficient (Wildman–Crippen LogP) is 3.20. The Kier molecular flexibility index (Phi) is 3.67. The molecule has 0 aliphatic rings. The van der Waals surface area contributed by atoms with Gasteiger partial charge < -0.3 is 4.74 Å². The third-order valence-corrected chi connectivity index (χ3v) is 4.61. The molecule has 0 aliphatic heterocycles. The summed E-state index contributed by atoms with van der Waals surface area (Å²) in [4.78, 5) is 17.4. The fraction of sp³-hybridized carbons (Fsp3) is 0.692. The molecule has 0 bridgehead atoms. The Morgan fingerprint density at radius 2 is 1.76 bits per heavy atom. The van der Waals surface area contributed by atoms with Crippen molar-refractivity contribution in [1.82, 2.24) is 4.98 Å². The van der Waals surface area contributed by atoms with E-state index >= 15 is 0 Å². The second-order valence-corrected chi connectivity index (χ2v) is 6.80. The number of hydrogen-bond acceptors (Lipinski definition) is 4. The predicted molar refractivity (Wildman–Crippen MR) is 70.6 cm³/mol. The highest BCUT2D eigenvalue weighted by Gasteiger charge is 2.36. The average molecular weight is 255 g/mol. The zero-order valence-corrected chi connectivity index (χ0v) is 12.5. The monoisotopic (exact) mass is 255 g/mol. The highest BCUT2D eigenvalue weighted by molar-refractivity contribution is 7.12. The Balaban J connectivity index is 3.25. The molecule has 1 aromatic rings. The molecule has 1 heterocycles. The molecule has 1 rings (SSSR count). The lowest BCUT2D eigenvalue weighted by Crippen LogP contribution is -2.29. The zero-order chi connectivity index (χ0) is 13.4. The molecule has 17 heavy (non-hydrogen) atoms. The maximum Gasteiger partial charge on any atom is 0.316 e.